The second kappa shape index (κ2) is 9.04. The van der Waals surface area contributed by atoms with Gasteiger partial charge in [-0.2, -0.15) is 0 Å². The van der Waals surface area contributed by atoms with E-state index in [-0.39, 0.29) is 12.5 Å². The summed E-state index contributed by atoms with van der Waals surface area (Å²) in [7, 11) is 0. The zero-order valence-corrected chi connectivity index (χ0v) is 15.1. The molecule has 2 aromatic carbocycles. The van der Waals surface area contributed by atoms with E-state index in [1.165, 1.54) is 24.9 Å². The number of amides is 1. The molecule has 1 heterocycles. The number of nitrogens with one attached hydrogen (secondary N) is 1. The van der Waals surface area contributed by atoms with Gasteiger partial charge in [0, 0.05) is 24.5 Å². The minimum absolute atomic E-state index is 0.115. The topological polar surface area (TPSA) is 53.9 Å². The molecule has 0 saturated carbocycles. The van der Waals surface area contributed by atoms with Gasteiger partial charge in [-0.15, -0.1) is 0 Å². The lowest BCUT2D eigenvalue weighted by Crippen LogP contribution is -2.29. The monoisotopic (exact) mass is 351 g/mol. The molecule has 1 amide bonds. The first-order chi connectivity index (χ1) is 12.7. The number of anilines is 2. The number of benzene rings is 2. The van der Waals surface area contributed by atoms with Crippen LogP contribution in [0.5, 0.6) is 0 Å². The zero-order valence-electron chi connectivity index (χ0n) is 15.1. The van der Waals surface area contributed by atoms with Crippen molar-refractivity contribution in [1.82, 2.24) is 0 Å². The maximum absolute atomic E-state index is 12.0. The van der Waals surface area contributed by atoms with Crippen LogP contribution in [0, 0.1) is 6.92 Å². The lowest BCUT2D eigenvalue weighted by atomic mass is 10.1. The van der Waals surface area contributed by atoms with Gasteiger partial charge in [0.05, 0.1) is 6.21 Å². The van der Waals surface area contributed by atoms with Crippen LogP contribution in [0.15, 0.2) is 53.7 Å². The van der Waals surface area contributed by atoms with Crippen molar-refractivity contribution < 1.29 is 9.63 Å². The highest BCUT2D eigenvalue weighted by atomic mass is 16.6. The van der Waals surface area contributed by atoms with Gasteiger partial charge in [0.2, 0.25) is 0 Å². The second-order valence-electron chi connectivity index (χ2n) is 6.51. The molecule has 0 aromatic heterocycles. The zero-order chi connectivity index (χ0) is 18.2. The molecule has 5 nitrogen and oxygen atoms in total. The lowest BCUT2D eigenvalue weighted by molar-refractivity contribution is -0.120. The summed E-state index contributed by atoms with van der Waals surface area (Å²) in [6.45, 7) is 4.11. The standard InChI is InChI=1S/C21H25N3O2/c1-17-7-3-4-8-18(17)15-22-26-16-21(25)23-19-9-11-20(12-10-19)24-13-5-2-6-14-24/h3-4,7-12,15H,2,5-6,13-14,16H2,1H3,(H,23,25)/b22-15-. The summed E-state index contributed by atoms with van der Waals surface area (Å²) < 4.78 is 0. The maximum atomic E-state index is 12.0. The number of hydrogen-bond acceptors (Lipinski definition) is 4. The molecule has 1 aliphatic heterocycles. The van der Waals surface area contributed by atoms with Crippen molar-refractivity contribution in [2.45, 2.75) is 26.2 Å². The van der Waals surface area contributed by atoms with Crippen molar-refractivity contribution in [3.8, 4) is 0 Å². The van der Waals surface area contributed by atoms with Crippen molar-refractivity contribution in [3.05, 3.63) is 59.7 Å². The van der Waals surface area contributed by atoms with Gasteiger partial charge in [-0.1, -0.05) is 29.4 Å². The Balaban J connectivity index is 1.45. The average Bonchev–Trinajstić information content (AvgIpc) is 2.68. The molecule has 3 rings (SSSR count). The Hall–Kier alpha value is -2.82. The molecule has 0 bridgehead atoms. The summed E-state index contributed by atoms with van der Waals surface area (Å²) >= 11 is 0. The first-order valence-corrected chi connectivity index (χ1v) is 9.08. The minimum Gasteiger partial charge on any atom is -0.386 e. The molecule has 0 aliphatic carbocycles. The van der Waals surface area contributed by atoms with Crippen LogP contribution in [0.2, 0.25) is 0 Å². The lowest BCUT2D eigenvalue weighted by Gasteiger charge is -2.28. The second-order valence-corrected chi connectivity index (χ2v) is 6.51. The van der Waals surface area contributed by atoms with Gasteiger partial charge in [-0.25, -0.2) is 0 Å². The molecule has 1 aliphatic rings. The van der Waals surface area contributed by atoms with Gasteiger partial charge in [0.25, 0.3) is 5.91 Å². The fraction of sp³-hybridized carbons (Fsp3) is 0.333. The highest BCUT2D eigenvalue weighted by Gasteiger charge is 2.11. The maximum Gasteiger partial charge on any atom is 0.265 e. The third kappa shape index (κ3) is 5.09. The Morgan fingerprint density at radius 2 is 1.85 bits per heavy atom. The van der Waals surface area contributed by atoms with E-state index in [4.69, 9.17) is 4.84 Å². The largest absolute Gasteiger partial charge is 0.386 e. The van der Waals surface area contributed by atoms with Gasteiger partial charge >= 0.3 is 0 Å². The van der Waals surface area contributed by atoms with E-state index in [0.29, 0.717) is 0 Å². The molecule has 1 fully saturated rings. The van der Waals surface area contributed by atoms with E-state index in [2.05, 4.69) is 27.5 Å². The summed E-state index contributed by atoms with van der Waals surface area (Å²) in [5.41, 5.74) is 4.06. The molecule has 0 atom stereocenters. The summed E-state index contributed by atoms with van der Waals surface area (Å²) in [6.07, 6.45) is 5.44. The first-order valence-electron chi connectivity index (χ1n) is 9.08. The van der Waals surface area contributed by atoms with Crippen LogP contribution >= 0.6 is 0 Å². The molecule has 2 aromatic rings. The van der Waals surface area contributed by atoms with Crippen molar-refractivity contribution in [2.75, 3.05) is 29.9 Å². The van der Waals surface area contributed by atoms with Gasteiger partial charge in [0.1, 0.15) is 0 Å². The molecule has 136 valence electrons. The first kappa shape index (κ1) is 18.0. The number of hydrogen-bond donors (Lipinski definition) is 1. The fourth-order valence-electron chi connectivity index (χ4n) is 3.03. The number of piperidine rings is 1. The van der Waals surface area contributed by atoms with Gasteiger partial charge in [-0.3, -0.25) is 4.79 Å². The molecular formula is C21H25N3O2. The molecule has 0 spiro atoms. The van der Waals surface area contributed by atoms with Crippen LogP contribution in [0.4, 0.5) is 11.4 Å². The Bertz CT molecular complexity index is 750. The summed E-state index contributed by atoms with van der Waals surface area (Å²) in [5.74, 6) is -0.224. The predicted molar refractivity (Wildman–Crippen MR) is 106 cm³/mol. The predicted octanol–water partition coefficient (Wildman–Crippen LogP) is 3.97. The summed E-state index contributed by atoms with van der Waals surface area (Å²) in [6, 6.07) is 15.8. The Morgan fingerprint density at radius 3 is 2.58 bits per heavy atom. The Labute approximate surface area is 154 Å². The van der Waals surface area contributed by atoms with Gasteiger partial charge in [0.15, 0.2) is 6.61 Å². The molecule has 5 heteroatoms. The van der Waals surface area contributed by atoms with Crippen molar-refractivity contribution in [1.29, 1.82) is 0 Å². The number of rotatable bonds is 6. The van der Waals surface area contributed by atoms with Crippen molar-refractivity contribution in [3.63, 3.8) is 0 Å². The number of nitrogens with zero attached hydrogens (tertiary/aromatic N) is 2. The van der Waals surface area contributed by atoms with Crippen LogP contribution in [0.25, 0.3) is 0 Å². The SMILES string of the molecule is Cc1ccccc1/C=N\OCC(=O)Nc1ccc(N2CCCCC2)cc1. The number of carbonyl (C=O) groups is 1. The number of oxime groups is 1. The average molecular weight is 351 g/mol. The van der Waals surface area contributed by atoms with Crippen LogP contribution < -0.4 is 10.2 Å². The van der Waals surface area contributed by atoms with Crippen LogP contribution in [-0.2, 0) is 9.63 Å². The summed E-state index contributed by atoms with van der Waals surface area (Å²) in [4.78, 5) is 19.4. The van der Waals surface area contributed by atoms with Crippen molar-refractivity contribution in [2.24, 2.45) is 5.16 Å². The Morgan fingerprint density at radius 1 is 1.12 bits per heavy atom. The van der Waals surface area contributed by atoms with Crippen LogP contribution in [0.3, 0.4) is 0 Å². The van der Waals surface area contributed by atoms with E-state index in [1.807, 2.05) is 43.3 Å². The third-order valence-corrected chi connectivity index (χ3v) is 4.52. The Kier molecular flexibility index (Phi) is 6.25. The normalized spacial score (nSPS) is 14.4. The number of carbonyl (C=O) groups excluding carboxylic acids is 1. The van der Waals surface area contributed by atoms with E-state index in [9.17, 15) is 4.79 Å². The molecule has 1 N–H and O–H groups in total. The van der Waals surface area contributed by atoms with E-state index in [0.717, 1.165) is 29.9 Å². The van der Waals surface area contributed by atoms with E-state index < -0.39 is 0 Å². The smallest absolute Gasteiger partial charge is 0.265 e. The molecule has 26 heavy (non-hydrogen) atoms. The van der Waals surface area contributed by atoms with Crippen molar-refractivity contribution >= 4 is 23.5 Å². The summed E-state index contributed by atoms with van der Waals surface area (Å²) in [5, 5.41) is 6.69. The molecule has 1 saturated heterocycles. The minimum atomic E-state index is -0.224. The third-order valence-electron chi connectivity index (χ3n) is 4.52. The highest BCUT2D eigenvalue weighted by molar-refractivity contribution is 5.92. The molecule has 0 unspecified atom stereocenters. The van der Waals surface area contributed by atoms with Crippen LogP contribution in [0.1, 0.15) is 30.4 Å². The highest BCUT2D eigenvalue weighted by Crippen LogP contribution is 2.21. The van der Waals surface area contributed by atoms with Crippen LogP contribution in [-0.4, -0.2) is 31.8 Å². The molecule has 0 radical (unpaired) electrons. The van der Waals surface area contributed by atoms with Gasteiger partial charge in [-0.05, 0) is 61.6 Å². The number of aryl methyl sites for hydroxylation is 1. The van der Waals surface area contributed by atoms with E-state index >= 15 is 0 Å². The molecular weight excluding hydrogens is 326 g/mol. The fourth-order valence-corrected chi connectivity index (χ4v) is 3.03. The van der Waals surface area contributed by atoms with E-state index in [1.54, 1.807) is 6.21 Å². The van der Waals surface area contributed by atoms with Gasteiger partial charge < -0.3 is 15.1 Å². The quantitative estimate of drug-likeness (QED) is 0.633.